The highest BCUT2D eigenvalue weighted by Gasteiger charge is 2.23. The lowest BCUT2D eigenvalue weighted by molar-refractivity contribution is 0.0951. The largest absolute Gasteiger partial charge is 0.388 e. The number of rotatable bonds is 0. The molecule has 1 aliphatic heterocycles. The molecule has 1 aliphatic rings. The number of fused-ring (bicyclic) bond motifs is 1. The first kappa shape index (κ1) is 8.77. The van der Waals surface area contributed by atoms with Gasteiger partial charge in [-0.3, -0.25) is 4.79 Å². The fraction of sp³-hybridized carbons (Fsp3) is 0.375. The lowest BCUT2D eigenvalue weighted by Gasteiger charge is -2.03. The standard InChI is InChI=1S/C8H9BrN2O2/c9-6-3-4-5(12)1-2-10-8(13)7(4)11-6/h3,5,11-12H,1-2H2,(H,10,13). The molecule has 0 spiro atoms. The van der Waals surface area contributed by atoms with Crippen molar-refractivity contribution in [3.8, 4) is 0 Å². The van der Waals surface area contributed by atoms with E-state index in [9.17, 15) is 9.90 Å². The zero-order valence-corrected chi connectivity index (χ0v) is 8.39. The molecule has 1 aromatic heterocycles. The molecule has 3 N–H and O–H groups in total. The second-order valence-corrected chi connectivity index (χ2v) is 3.86. The minimum Gasteiger partial charge on any atom is -0.388 e. The van der Waals surface area contributed by atoms with Crippen LogP contribution in [0.1, 0.15) is 28.6 Å². The second-order valence-electron chi connectivity index (χ2n) is 3.01. The lowest BCUT2D eigenvalue weighted by Crippen LogP contribution is -2.23. The van der Waals surface area contributed by atoms with Crippen LogP contribution in [-0.4, -0.2) is 22.5 Å². The maximum atomic E-state index is 11.4. The molecule has 0 bridgehead atoms. The number of hydrogen-bond donors (Lipinski definition) is 3. The third-order valence-corrected chi connectivity index (χ3v) is 2.53. The van der Waals surface area contributed by atoms with Crippen LogP contribution in [0.25, 0.3) is 0 Å². The zero-order chi connectivity index (χ0) is 9.42. The summed E-state index contributed by atoms with van der Waals surface area (Å²) in [5, 5.41) is 12.3. The van der Waals surface area contributed by atoms with E-state index in [4.69, 9.17) is 0 Å². The fourth-order valence-corrected chi connectivity index (χ4v) is 1.90. The summed E-state index contributed by atoms with van der Waals surface area (Å²) in [4.78, 5) is 14.3. The van der Waals surface area contributed by atoms with Crippen molar-refractivity contribution in [3.63, 3.8) is 0 Å². The SMILES string of the molecule is O=C1NCCC(O)c2cc(Br)[nH]c21. The Morgan fingerprint density at radius 1 is 1.62 bits per heavy atom. The van der Waals surface area contributed by atoms with E-state index < -0.39 is 6.10 Å². The molecule has 13 heavy (non-hydrogen) atoms. The number of nitrogens with one attached hydrogen (secondary N) is 2. The number of aliphatic hydroxyl groups excluding tert-OH is 1. The topological polar surface area (TPSA) is 65.1 Å². The van der Waals surface area contributed by atoms with Crippen molar-refractivity contribution >= 4 is 21.8 Å². The van der Waals surface area contributed by atoms with Crippen LogP contribution in [0.4, 0.5) is 0 Å². The average molecular weight is 245 g/mol. The predicted molar refractivity (Wildman–Crippen MR) is 50.4 cm³/mol. The van der Waals surface area contributed by atoms with Crippen molar-refractivity contribution < 1.29 is 9.90 Å². The van der Waals surface area contributed by atoms with Crippen LogP contribution < -0.4 is 5.32 Å². The smallest absolute Gasteiger partial charge is 0.268 e. The van der Waals surface area contributed by atoms with E-state index in [0.29, 0.717) is 28.8 Å². The van der Waals surface area contributed by atoms with Crippen LogP contribution in [0.3, 0.4) is 0 Å². The molecule has 0 saturated carbocycles. The molecule has 0 aliphatic carbocycles. The highest BCUT2D eigenvalue weighted by molar-refractivity contribution is 9.10. The van der Waals surface area contributed by atoms with Gasteiger partial charge in [-0.2, -0.15) is 0 Å². The molecule has 1 aromatic rings. The highest BCUT2D eigenvalue weighted by Crippen LogP contribution is 2.26. The molecule has 70 valence electrons. The third-order valence-electron chi connectivity index (χ3n) is 2.10. The van der Waals surface area contributed by atoms with Crippen molar-refractivity contribution in [1.82, 2.24) is 10.3 Å². The van der Waals surface area contributed by atoms with Crippen LogP contribution in [-0.2, 0) is 0 Å². The molecular weight excluding hydrogens is 236 g/mol. The Kier molecular flexibility index (Phi) is 2.13. The highest BCUT2D eigenvalue weighted by atomic mass is 79.9. The molecule has 0 fully saturated rings. The van der Waals surface area contributed by atoms with Crippen LogP contribution in [0.5, 0.6) is 0 Å². The Bertz CT molecular complexity index is 348. The van der Waals surface area contributed by atoms with Gasteiger partial charge >= 0.3 is 0 Å². The Labute approximate surface area is 83.5 Å². The molecule has 5 heteroatoms. The average Bonchev–Trinajstić information content (AvgIpc) is 2.41. The van der Waals surface area contributed by atoms with Crippen LogP contribution in [0, 0.1) is 0 Å². The number of aromatic nitrogens is 1. The normalized spacial score (nSPS) is 22.0. The Morgan fingerprint density at radius 2 is 2.38 bits per heavy atom. The first-order valence-corrected chi connectivity index (χ1v) is 4.82. The van der Waals surface area contributed by atoms with Gasteiger partial charge in [0.15, 0.2) is 0 Å². The van der Waals surface area contributed by atoms with Crippen LogP contribution >= 0.6 is 15.9 Å². The minimum atomic E-state index is -0.559. The van der Waals surface area contributed by atoms with E-state index in [1.807, 2.05) is 0 Å². The van der Waals surface area contributed by atoms with Gasteiger partial charge in [0.1, 0.15) is 5.69 Å². The van der Waals surface area contributed by atoms with Crippen molar-refractivity contribution in [2.75, 3.05) is 6.54 Å². The molecule has 4 nitrogen and oxygen atoms in total. The fourth-order valence-electron chi connectivity index (χ4n) is 1.45. The summed E-state index contributed by atoms with van der Waals surface area (Å²) in [5.41, 5.74) is 1.12. The number of amides is 1. The summed E-state index contributed by atoms with van der Waals surface area (Å²) in [7, 11) is 0. The maximum absolute atomic E-state index is 11.4. The summed E-state index contributed by atoms with van der Waals surface area (Å²) in [6.45, 7) is 0.514. The molecule has 2 rings (SSSR count). The molecule has 0 aromatic carbocycles. The van der Waals surface area contributed by atoms with Crippen LogP contribution in [0.15, 0.2) is 10.7 Å². The number of carbonyl (C=O) groups excluding carboxylic acids is 1. The van der Waals surface area contributed by atoms with Gasteiger partial charge in [-0.05, 0) is 28.4 Å². The van der Waals surface area contributed by atoms with E-state index in [1.165, 1.54) is 0 Å². The van der Waals surface area contributed by atoms with Gasteiger partial charge in [-0.15, -0.1) is 0 Å². The van der Waals surface area contributed by atoms with Crippen LogP contribution in [0.2, 0.25) is 0 Å². The van der Waals surface area contributed by atoms with Gasteiger partial charge in [0, 0.05) is 12.1 Å². The van der Waals surface area contributed by atoms with Crippen molar-refractivity contribution in [3.05, 3.63) is 21.9 Å². The van der Waals surface area contributed by atoms with Gasteiger partial charge in [0.05, 0.1) is 10.7 Å². The van der Waals surface area contributed by atoms with Crippen molar-refractivity contribution in [2.45, 2.75) is 12.5 Å². The van der Waals surface area contributed by atoms with Gasteiger partial charge in [-0.25, -0.2) is 0 Å². The van der Waals surface area contributed by atoms with Gasteiger partial charge < -0.3 is 15.4 Å². The molecule has 1 atom stereocenters. The lowest BCUT2D eigenvalue weighted by atomic mass is 10.1. The summed E-state index contributed by atoms with van der Waals surface area (Å²) in [5.74, 6) is -0.155. The number of hydrogen-bond acceptors (Lipinski definition) is 2. The Morgan fingerprint density at radius 3 is 3.15 bits per heavy atom. The number of carbonyl (C=O) groups is 1. The predicted octanol–water partition coefficient (Wildman–Crippen LogP) is 0.944. The van der Waals surface area contributed by atoms with Crippen molar-refractivity contribution in [2.24, 2.45) is 0 Å². The summed E-state index contributed by atoms with van der Waals surface area (Å²) in [6.07, 6.45) is -0.000231. The maximum Gasteiger partial charge on any atom is 0.268 e. The Hall–Kier alpha value is -0.810. The third kappa shape index (κ3) is 1.49. The molecule has 0 radical (unpaired) electrons. The molecular formula is C8H9BrN2O2. The zero-order valence-electron chi connectivity index (χ0n) is 6.80. The number of aliphatic hydroxyl groups is 1. The van der Waals surface area contributed by atoms with Gasteiger partial charge in [0.2, 0.25) is 0 Å². The molecule has 1 amide bonds. The summed E-state index contributed by atoms with van der Waals surface area (Å²) >= 11 is 3.23. The second kappa shape index (κ2) is 3.16. The van der Waals surface area contributed by atoms with Gasteiger partial charge in [0.25, 0.3) is 5.91 Å². The first-order valence-electron chi connectivity index (χ1n) is 4.03. The first-order chi connectivity index (χ1) is 6.18. The molecule has 1 unspecified atom stereocenters. The van der Waals surface area contributed by atoms with Gasteiger partial charge in [-0.1, -0.05) is 0 Å². The summed E-state index contributed by atoms with van der Waals surface area (Å²) < 4.78 is 0.716. The molecule has 0 saturated heterocycles. The van der Waals surface area contributed by atoms with E-state index in [2.05, 4.69) is 26.2 Å². The van der Waals surface area contributed by atoms with E-state index in [0.717, 1.165) is 0 Å². The molecule has 2 heterocycles. The van der Waals surface area contributed by atoms with E-state index >= 15 is 0 Å². The van der Waals surface area contributed by atoms with Crippen molar-refractivity contribution in [1.29, 1.82) is 0 Å². The van der Waals surface area contributed by atoms with E-state index in [-0.39, 0.29) is 5.91 Å². The quantitative estimate of drug-likeness (QED) is 0.637. The number of aromatic amines is 1. The monoisotopic (exact) mass is 244 g/mol. The number of halogens is 1. The van der Waals surface area contributed by atoms with E-state index in [1.54, 1.807) is 6.07 Å². The minimum absolute atomic E-state index is 0.155. The summed E-state index contributed by atoms with van der Waals surface area (Å²) in [6, 6.07) is 1.74. The Balaban J connectivity index is 2.49. The number of H-pyrrole nitrogens is 1.